The number of fused-ring (bicyclic) bond motifs is 1. The number of hydrogen-bond donors (Lipinski definition) is 2. The molecule has 2 aromatic heterocycles. The molecule has 0 spiro atoms. The third-order valence-electron chi connectivity index (χ3n) is 5.13. The number of hydrogen-bond acceptors (Lipinski definition) is 4. The smallest absolute Gasteiger partial charge is 0.253 e. The molecule has 2 heterocycles. The van der Waals surface area contributed by atoms with E-state index in [0.29, 0.717) is 24.1 Å². The lowest BCUT2D eigenvalue weighted by Gasteiger charge is -2.38. The number of rotatable bonds is 4. The Labute approximate surface area is 152 Å². The number of nitrogens with zero attached hydrogens (tertiary/aromatic N) is 2. The van der Waals surface area contributed by atoms with E-state index >= 15 is 0 Å². The first-order valence-corrected chi connectivity index (χ1v) is 8.87. The molecule has 0 radical (unpaired) electrons. The van der Waals surface area contributed by atoms with E-state index in [4.69, 9.17) is 0 Å². The Kier molecular flexibility index (Phi) is 4.39. The number of nitrogens with one attached hydrogen (secondary N) is 1. The molecule has 1 aliphatic carbocycles. The summed E-state index contributed by atoms with van der Waals surface area (Å²) in [5.74, 6) is 0.0593. The summed E-state index contributed by atoms with van der Waals surface area (Å²) in [5, 5.41) is 13.9. The van der Waals surface area contributed by atoms with Crippen molar-refractivity contribution in [3.8, 4) is 0 Å². The van der Waals surface area contributed by atoms with Gasteiger partial charge in [0, 0.05) is 23.5 Å². The number of benzene rings is 1. The van der Waals surface area contributed by atoms with E-state index in [-0.39, 0.29) is 24.0 Å². The van der Waals surface area contributed by atoms with Crippen LogP contribution in [0.2, 0.25) is 0 Å². The summed E-state index contributed by atoms with van der Waals surface area (Å²) < 4.78 is 0. The number of pyridine rings is 2. The maximum absolute atomic E-state index is 12.8. The second-order valence-corrected chi connectivity index (χ2v) is 6.93. The maximum atomic E-state index is 12.8. The summed E-state index contributed by atoms with van der Waals surface area (Å²) >= 11 is 0. The molecule has 26 heavy (non-hydrogen) atoms. The van der Waals surface area contributed by atoms with Gasteiger partial charge >= 0.3 is 0 Å². The van der Waals surface area contributed by atoms with Crippen molar-refractivity contribution in [1.82, 2.24) is 15.3 Å². The van der Waals surface area contributed by atoms with Crippen LogP contribution in [0, 0.1) is 12.8 Å². The highest BCUT2D eigenvalue weighted by Gasteiger charge is 2.36. The Morgan fingerprint density at radius 1 is 1.19 bits per heavy atom. The normalized spacial score (nSPS) is 20.4. The SMILES string of the molecule is Cc1ncccc1C(=O)NC(c1cnc2ccccc2c1)C1CC(O)C1. The van der Waals surface area contributed by atoms with Gasteiger partial charge in [0.15, 0.2) is 0 Å². The van der Waals surface area contributed by atoms with Crippen LogP contribution in [0.5, 0.6) is 0 Å². The quantitative estimate of drug-likeness (QED) is 0.760. The minimum absolute atomic E-state index is 0.143. The highest BCUT2D eigenvalue weighted by atomic mass is 16.3. The molecule has 5 nitrogen and oxygen atoms in total. The number of aliphatic hydroxyl groups excluding tert-OH is 1. The minimum Gasteiger partial charge on any atom is -0.393 e. The second kappa shape index (κ2) is 6.84. The molecule has 1 amide bonds. The molecule has 0 aliphatic heterocycles. The number of carbonyl (C=O) groups excluding carboxylic acids is 1. The predicted molar refractivity (Wildman–Crippen MR) is 99.7 cm³/mol. The molecule has 3 aromatic rings. The first-order chi connectivity index (χ1) is 12.6. The Hall–Kier alpha value is -2.79. The van der Waals surface area contributed by atoms with Crippen LogP contribution in [0.15, 0.2) is 54.9 Å². The van der Waals surface area contributed by atoms with E-state index in [0.717, 1.165) is 16.5 Å². The van der Waals surface area contributed by atoms with Crippen molar-refractivity contribution >= 4 is 16.8 Å². The van der Waals surface area contributed by atoms with Crippen LogP contribution in [0.3, 0.4) is 0 Å². The van der Waals surface area contributed by atoms with Crippen molar-refractivity contribution < 1.29 is 9.90 Å². The van der Waals surface area contributed by atoms with Crippen molar-refractivity contribution in [2.24, 2.45) is 5.92 Å². The molecular weight excluding hydrogens is 326 g/mol. The highest BCUT2D eigenvalue weighted by molar-refractivity contribution is 5.95. The number of carbonyl (C=O) groups is 1. The van der Waals surface area contributed by atoms with Crippen LogP contribution in [0.4, 0.5) is 0 Å². The van der Waals surface area contributed by atoms with Gasteiger partial charge in [0.25, 0.3) is 5.91 Å². The van der Waals surface area contributed by atoms with Gasteiger partial charge in [-0.3, -0.25) is 14.8 Å². The molecule has 0 bridgehead atoms. The van der Waals surface area contributed by atoms with Gasteiger partial charge in [0.1, 0.15) is 0 Å². The van der Waals surface area contributed by atoms with Crippen LogP contribution in [0.25, 0.3) is 10.9 Å². The average Bonchev–Trinajstić information content (AvgIpc) is 2.63. The Morgan fingerprint density at radius 3 is 2.77 bits per heavy atom. The summed E-state index contributed by atoms with van der Waals surface area (Å²) in [5.41, 5.74) is 3.17. The van der Waals surface area contributed by atoms with Gasteiger partial charge < -0.3 is 10.4 Å². The molecule has 1 aromatic carbocycles. The summed E-state index contributed by atoms with van der Waals surface area (Å²) in [6, 6.07) is 13.4. The Bertz CT molecular complexity index is 951. The zero-order chi connectivity index (χ0) is 18.1. The lowest BCUT2D eigenvalue weighted by atomic mass is 9.75. The van der Waals surface area contributed by atoms with E-state index in [1.54, 1.807) is 18.3 Å². The van der Waals surface area contributed by atoms with Crippen LogP contribution >= 0.6 is 0 Å². The molecular formula is C21H21N3O2. The fraction of sp³-hybridized carbons (Fsp3) is 0.286. The van der Waals surface area contributed by atoms with E-state index in [1.165, 1.54) is 0 Å². The fourth-order valence-electron chi connectivity index (χ4n) is 3.58. The van der Waals surface area contributed by atoms with Crippen molar-refractivity contribution in [3.05, 3.63) is 71.7 Å². The largest absolute Gasteiger partial charge is 0.393 e. The molecule has 1 fully saturated rings. The zero-order valence-electron chi connectivity index (χ0n) is 14.6. The van der Waals surface area contributed by atoms with Gasteiger partial charge in [0.2, 0.25) is 0 Å². The fourth-order valence-corrected chi connectivity index (χ4v) is 3.58. The summed E-state index contributed by atoms with van der Waals surface area (Å²) in [6.45, 7) is 1.83. The van der Waals surface area contributed by atoms with Crippen LogP contribution < -0.4 is 5.32 Å². The molecule has 1 atom stereocenters. The number of para-hydroxylation sites is 1. The van der Waals surface area contributed by atoms with Gasteiger partial charge in [0.05, 0.1) is 23.2 Å². The van der Waals surface area contributed by atoms with E-state index in [1.807, 2.05) is 37.4 Å². The molecule has 1 aliphatic rings. The number of aliphatic hydroxyl groups is 1. The first kappa shape index (κ1) is 16.7. The molecule has 5 heteroatoms. The lowest BCUT2D eigenvalue weighted by Crippen LogP contribution is -2.41. The van der Waals surface area contributed by atoms with Gasteiger partial charge in [-0.1, -0.05) is 18.2 Å². The van der Waals surface area contributed by atoms with E-state index in [2.05, 4.69) is 21.4 Å². The lowest BCUT2D eigenvalue weighted by molar-refractivity contribution is 0.0235. The molecule has 0 saturated heterocycles. The third-order valence-corrected chi connectivity index (χ3v) is 5.13. The molecule has 4 rings (SSSR count). The topological polar surface area (TPSA) is 75.1 Å². The summed E-state index contributed by atoms with van der Waals surface area (Å²) in [6.07, 6.45) is 4.59. The van der Waals surface area contributed by atoms with E-state index in [9.17, 15) is 9.90 Å². The summed E-state index contributed by atoms with van der Waals surface area (Å²) in [4.78, 5) is 21.5. The van der Waals surface area contributed by atoms with Crippen molar-refractivity contribution in [3.63, 3.8) is 0 Å². The zero-order valence-corrected chi connectivity index (χ0v) is 14.6. The standard InChI is InChI=1S/C21H21N3O2/c1-13-18(6-4-8-22-13)21(26)24-20(15-10-17(25)11-15)16-9-14-5-2-3-7-19(14)23-12-16/h2-9,12,15,17,20,25H,10-11H2,1H3,(H,24,26). The third kappa shape index (κ3) is 3.18. The van der Waals surface area contributed by atoms with Crippen LogP contribution in [-0.4, -0.2) is 27.1 Å². The van der Waals surface area contributed by atoms with Crippen molar-refractivity contribution in [1.29, 1.82) is 0 Å². The van der Waals surface area contributed by atoms with Crippen molar-refractivity contribution in [2.75, 3.05) is 0 Å². The van der Waals surface area contributed by atoms with Gasteiger partial charge in [-0.2, -0.15) is 0 Å². The van der Waals surface area contributed by atoms with Gasteiger partial charge in [-0.05, 0) is 55.5 Å². The average molecular weight is 347 g/mol. The monoisotopic (exact) mass is 347 g/mol. The maximum Gasteiger partial charge on any atom is 0.253 e. The van der Waals surface area contributed by atoms with Gasteiger partial charge in [-0.25, -0.2) is 0 Å². The molecule has 2 N–H and O–H groups in total. The number of amides is 1. The van der Waals surface area contributed by atoms with Crippen molar-refractivity contribution in [2.45, 2.75) is 31.9 Å². The molecule has 1 saturated carbocycles. The van der Waals surface area contributed by atoms with Crippen LogP contribution in [0.1, 0.15) is 40.5 Å². The number of aryl methyl sites for hydroxylation is 1. The Balaban J connectivity index is 1.65. The molecule has 132 valence electrons. The predicted octanol–water partition coefficient (Wildman–Crippen LogP) is 3.18. The highest BCUT2D eigenvalue weighted by Crippen LogP contribution is 2.38. The number of aromatic nitrogens is 2. The van der Waals surface area contributed by atoms with Crippen LogP contribution in [-0.2, 0) is 0 Å². The summed E-state index contributed by atoms with van der Waals surface area (Å²) in [7, 11) is 0. The van der Waals surface area contributed by atoms with E-state index < -0.39 is 0 Å². The Morgan fingerprint density at radius 2 is 2.00 bits per heavy atom. The minimum atomic E-state index is -0.284. The molecule has 1 unspecified atom stereocenters. The van der Waals surface area contributed by atoms with Gasteiger partial charge in [-0.15, -0.1) is 0 Å². The second-order valence-electron chi connectivity index (χ2n) is 6.93. The first-order valence-electron chi connectivity index (χ1n) is 8.87.